The van der Waals surface area contributed by atoms with E-state index >= 15 is 0 Å². The molecule has 0 amide bonds. The van der Waals surface area contributed by atoms with E-state index in [-0.39, 0.29) is 0 Å². The van der Waals surface area contributed by atoms with E-state index in [4.69, 9.17) is 0 Å². The van der Waals surface area contributed by atoms with Crippen LogP contribution in [-0.2, 0) is 6.42 Å². The third-order valence-corrected chi connectivity index (χ3v) is 3.34. The zero-order valence-electron chi connectivity index (χ0n) is 8.98. The molecule has 2 heterocycles. The van der Waals surface area contributed by atoms with Crippen molar-refractivity contribution in [2.45, 2.75) is 19.4 Å². The van der Waals surface area contributed by atoms with Gasteiger partial charge in [-0.25, -0.2) is 0 Å². The van der Waals surface area contributed by atoms with Crippen LogP contribution >= 0.6 is 0 Å². The summed E-state index contributed by atoms with van der Waals surface area (Å²) in [6.45, 7) is 3.37. The summed E-state index contributed by atoms with van der Waals surface area (Å²) in [5.74, 6) is 0. The summed E-state index contributed by atoms with van der Waals surface area (Å²) < 4.78 is 0. The van der Waals surface area contributed by atoms with E-state index in [1.165, 1.54) is 23.2 Å². The van der Waals surface area contributed by atoms with Gasteiger partial charge in [0.2, 0.25) is 0 Å². The Morgan fingerprint density at radius 1 is 1.27 bits per heavy atom. The Morgan fingerprint density at radius 2 is 2.13 bits per heavy atom. The molecule has 0 bridgehead atoms. The van der Waals surface area contributed by atoms with Gasteiger partial charge in [-0.2, -0.15) is 0 Å². The van der Waals surface area contributed by atoms with Crippen molar-refractivity contribution in [3.8, 4) is 0 Å². The molecule has 0 spiro atoms. The molecular formula is C14H15N. The van der Waals surface area contributed by atoms with Crippen molar-refractivity contribution in [2.75, 3.05) is 6.54 Å². The Morgan fingerprint density at radius 3 is 3.07 bits per heavy atom. The molecule has 2 aliphatic heterocycles. The molecule has 0 N–H and O–H groups in total. The van der Waals surface area contributed by atoms with Crippen molar-refractivity contribution < 1.29 is 0 Å². The second-order valence-corrected chi connectivity index (χ2v) is 4.34. The predicted molar refractivity (Wildman–Crippen MR) is 63.4 cm³/mol. The third-order valence-electron chi connectivity index (χ3n) is 3.34. The Bertz CT molecular complexity index is 442. The zero-order valence-corrected chi connectivity index (χ0v) is 8.98. The summed E-state index contributed by atoms with van der Waals surface area (Å²) in [7, 11) is 0. The van der Waals surface area contributed by atoms with Gasteiger partial charge in [-0.1, -0.05) is 36.4 Å². The molecule has 1 atom stereocenters. The molecule has 1 aromatic carbocycles. The fourth-order valence-electron chi connectivity index (χ4n) is 2.57. The van der Waals surface area contributed by atoms with Gasteiger partial charge in [-0.05, 0) is 25.0 Å². The van der Waals surface area contributed by atoms with Crippen molar-refractivity contribution >= 4 is 5.70 Å². The van der Waals surface area contributed by atoms with Gasteiger partial charge in [0.05, 0.1) is 0 Å². The lowest BCUT2D eigenvalue weighted by Crippen LogP contribution is -2.38. The van der Waals surface area contributed by atoms with Gasteiger partial charge in [0.1, 0.15) is 0 Å². The topological polar surface area (TPSA) is 3.24 Å². The van der Waals surface area contributed by atoms with Crippen molar-refractivity contribution in [1.29, 1.82) is 0 Å². The number of hydrogen-bond acceptors (Lipinski definition) is 1. The van der Waals surface area contributed by atoms with Crippen molar-refractivity contribution in [1.82, 2.24) is 4.90 Å². The van der Waals surface area contributed by atoms with Crippen LogP contribution in [0.2, 0.25) is 0 Å². The molecule has 1 aromatic rings. The molecule has 0 aromatic heterocycles. The minimum absolute atomic E-state index is 0.621. The van der Waals surface area contributed by atoms with Gasteiger partial charge in [-0.3, -0.25) is 0 Å². The van der Waals surface area contributed by atoms with Crippen molar-refractivity contribution in [2.24, 2.45) is 0 Å². The molecule has 1 heteroatoms. The van der Waals surface area contributed by atoms with Crippen molar-refractivity contribution in [3.05, 3.63) is 53.6 Å². The van der Waals surface area contributed by atoms with Gasteiger partial charge in [-0.15, -0.1) is 0 Å². The van der Waals surface area contributed by atoms with Crippen LogP contribution in [0, 0.1) is 0 Å². The fourth-order valence-corrected chi connectivity index (χ4v) is 2.57. The summed E-state index contributed by atoms with van der Waals surface area (Å²) in [5, 5.41) is 0. The van der Waals surface area contributed by atoms with Crippen LogP contribution < -0.4 is 0 Å². The first kappa shape index (κ1) is 8.78. The summed E-state index contributed by atoms with van der Waals surface area (Å²) >= 11 is 0. The van der Waals surface area contributed by atoms with E-state index < -0.39 is 0 Å². The highest BCUT2D eigenvalue weighted by Crippen LogP contribution is 2.33. The monoisotopic (exact) mass is 197 g/mol. The van der Waals surface area contributed by atoms with Crippen LogP contribution in [0.4, 0.5) is 0 Å². The third kappa shape index (κ3) is 1.30. The normalized spacial score (nSPS) is 23.1. The van der Waals surface area contributed by atoms with Crippen LogP contribution in [0.15, 0.2) is 42.5 Å². The highest BCUT2D eigenvalue weighted by Gasteiger charge is 2.25. The first-order valence-electron chi connectivity index (χ1n) is 5.58. The maximum atomic E-state index is 2.49. The molecule has 0 fully saturated rings. The molecule has 2 aliphatic rings. The standard InChI is InChI=1S/C14H15N/c1-11-10-12-6-2-3-7-13(12)14-8-4-5-9-15(11)14/h2-8,11H,9-10H2,1H3. The largest absolute Gasteiger partial charge is 0.364 e. The summed E-state index contributed by atoms with van der Waals surface area (Å²) in [6, 6.07) is 9.38. The summed E-state index contributed by atoms with van der Waals surface area (Å²) in [6.07, 6.45) is 7.80. The quantitative estimate of drug-likeness (QED) is 0.618. The second-order valence-electron chi connectivity index (χ2n) is 4.34. The molecule has 1 unspecified atom stereocenters. The predicted octanol–water partition coefficient (Wildman–Crippen LogP) is 2.84. The van der Waals surface area contributed by atoms with Crippen molar-refractivity contribution in [3.63, 3.8) is 0 Å². The summed E-state index contributed by atoms with van der Waals surface area (Å²) in [4.78, 5) is 2.49. The molecule has 0 aliphatic carbocycles. The minimum Gasteiger partial charge on any atom is -0.364 e. The van der Waals surface area contributed by atoms with Crippen LogP contribution in [-0.4, -0.2) is 17.5 Å². The lowest BCUT2D eigenvalue weighted by Gasteiger charge is -2.39. The average molecular weight is 197 g/mol. The number of hydrogen-bond donors (Lipinski definition) is 0. The number of benzene rings is 1. The molecule has 1 nitrogen and oxygen atoms in total. The molecule has 3 rings (SSSR count). The minimum atomic E-state index is 0.621. The molecular weight excluding hydrogens is 182 g/mol. The second kappa shape index (κ2) is 3.27. The maximum Gasteiger partial charge on any atom is 0.0447 e. The maximum absolute atomic E-state index is 2.49. The molecule has 0 saturated heterocycles. The van der Waals surface area contributed by atoms with Gasteiger partial charge in [0.25, 0.3) is 0 Å². The first-order valence-corrected chi connectivity index (χ1v) is 5.58. The van der Waals surface area contributed by atoms with Crippen LogP contribution in [0.3, 0.4) is 0 Å². The Hall–Kier alpha value is -1.50. The Kier molecular flexibility index (Phi) is 1.91. The summed E-state index contributed by atoms with van der Waals surface area (Å²) in [5.41, 5.74) is 4.30. The van der Waals surface area contributed by atoms with Gasteiger partial charge < -0.3 is 4.90 Å². The molecule has 15 heavy (non-hydrogen) atoms. The van der Waals surface area contributed by atoms with E-state index in [1.54, 1.807) is 0 Å². The van der Waals surface area contributed by atoms with E-state index in [0.717, 1.165) is 6.54 Å². The molecule has 0 saturated carbocycles. The number of nitrogens with zero attached hydrogens (tertiary/aromatic N) is 1. The van der Waals surface area contributed by atoms with E-state index in [2.05, 4.69) is 54.3 Å². The molecule has 76 valence electrons. The van der Waals surface area contributed by atoms with Crippen LogP contribution in [0.1, 0.15) is 18.1 Å². The van der Waals surface area contributed by atoms with Crippen LogP contribution in [0.5, 0.6) is 0 Å². The van der Waals surface area contributed by atoms with E-state index in [0.29, 0.717) is 6.04 Å². The zero-order chi connectivity index (χ0) is 10.3. The van der Waals surface area contributed by atoms with Gasteiger partial charge in [0.15, 0.2) is 0 Å². The Labute approximate surface area is 90.7 Å². The Balaban J connectivity index is 2.16. The lowest BCUT2D eigenvalue weighted by molar-refractivity contribution is 0.324. The smallest absolute Gasteiger partial charge is 0.0447 e. The SMILES string of the molecule is CC1Cc2ccccc2C2=CC=CCN21. The fraction of sp³-hybridized carbons (Fsp3) is 0.286. The average Bonchev–Trinajstić information content (AvgIpc) is 2.30. The number of allylic oxidation sites excluding steroid dienone is 2. The van der Waals surface area contributed by atoms with Gasteiger partial charge in [0, 0.05) is 23.8 Å². The number of fused-ring (bicyclic) bond motifs is 3. The van der Waals surface area contributed by atoms with E-state index in [1.807, 2.05) is 0 Å². The highest BCUT2D eigenvalue weighted by molar-refractivity contribution is 5.71. The van der Waals surface area contributed by atoms with Crippen LogP contribution in [0.25, 0.3) is 5.70 Å². The number of rotatable bonds is 0. The lowest BCUT2D eigenvalue weighted by atomic mass is 9.91. The van der Waals surface area contributed by atoms with Gasteiger partial charge >= 0.3 is 0 Å². The molecule has 0 radical (unpaired) electrons. The highest BCUT2D eigenvalue weighted by atomic mass is 15.2. The van der Waals surface area contributed by atoms with E-state index in [9.17, 15) is 0 Å². The first-order chi connectivity index (χ1) is 7.36.